The third-order valence-corrected chi connectivity index (χ3v) is 11.1. The first kappa shape index (κ1) is 59.6. The molecule has 0 aliphatic carbocycles. The molecule has 2 aliphatic rings. The first-order chi connectivity index (χ1) is 32.7. The quantitative estimate of drug-likeness (QED) is 0.0223. The molecular formula is C42H64GaN12O15+3. The Morgan fingerprint density at radius 3 is 1.77 bits per heavy atom. The zero-order valence-electron chi connectivity index (χ0n) is 38.7. The Hall–Kier alpha value is -6.49. The monoisotopic (exact) mass is 1040 g/mol. The number of carboxylic acid groups (broad SMARTS) is 4. The van der Waals surface area contributed by atoms with Gasteiger partial charge in [-0.25, -0.2) is 0 Å². The predicted octanol–water partition coefficient (Wildman–Crippen LogP) is -5.24. The zero-order chi connectivity index (χ0) is 51.0. The van der Waals surface area contributed by atoms with Crippen LogP contribution in [-0.4, -0.2) is 228 Å². The van der Waals surface area contributed by atoms with Crippen molar-refractivity contribution in [1.29, 1.82) is 0 Å². The fourth-order valence-corrected chi connectivity index (χ4v) is 7.54. The average Bonchev–Trinajstić information content (AvgIpc) is 3.35. The van der Waals surface area contributed by atoms with E-state index in [0.717, 1.165) is 0 Å². The van der Waals surface area contributed by atoms with E-state index < -0.39 is 102 Å². The number of benzene rings is 1. The van der Waals surface area contributed by atoms with Gasteiger partial charge in [0.05, 0.1) is 26.1 Å². The topological polar surface area (TPSA) is 418 Å². The van der Waals surface area contributed by atoms with Crippen LogP contribution in [-0.2, 0) is 54.4 Å². The van der Waals surface area contributed by atoms with Crippen LogP contribution in [0.1, 0.15) is 56.9 Å². The molecule has 382 valence electrons. The van der Waals surface area contributed by atoms with Gasteiger partial charge in [-0.1, -0.05) is 12.1 Å². The van der Waals surface area contributed by atoms with Gasteiger partial charge in [-0.3, -0.25) is 67.6 Å². The molecule has 2 aliphatic heterocycles. The van der Waals surface area contributed by atoms with E-state index in [9.17, 15) is 73.5 Å². The van der Waals surface area contributed by atoms with Gasteiger partial charge in [0.1, 0.15) is 36.0 Å². The molecule has 0 bridgehead atoms. The van der Waals surface area contributed by atoms with Gasteiger partial charge in [-0.05, 0) is 56.2 Å². The summed E-state index contributed by atoms with van der Waals surface area (Å²) >= 11 is 0. The van der Waals surface area contributed by atoms with Crippen molar-refractivity contribution in [1.82, 2.24) is 46.6 Å². The Bertz CT molecular complexity index is 1980. The Kier molecular flexibility index (Phi) is 26.3. The largest absolute Gasteiger partial charge is 3.00 e. The molecule has 2 fully saturated rings. The molecule has 1 aromatic carbocycles. The normalized spacial score (nSPS) is 20.8. The first-order valence-electron chi connectivity index (χ1n) is 22.4. The van der Waals surface area contributed by atoms with Crippen molar-refractivity contribution >= 4 is 85.1 Å². The summed E-state index contributed by atoms with van der Waals surface area (Å²) < 4.78 is 0. The summed E-state index contributed by atoms with van der Waals surface area (Å²) in [4.78, 5) is 137. The summed E-state index contributed by atoms with van der Waals surface area (Å²) in [6, 6.07) is -1.37. The van der Waals surface area contributed by atoms with Crippen molar-refractivity contribution in [3.8, 4) is 5.75 Å². The van der Waals surface area contributed by atoms with Gasteiger partial charge >= 0.3 is 43.7 Å². The minimum absolute atomic E-state index is 0. The second kappa shape index (κ2) is 30.9. The minimum Gasteiger partial charge on any atom is -0.508 e. The molecule has 2 heterocycles. The first-order valence-corrected chi connectivity index (χ1v) is 22.4. The van der Waals surface area contributed by atoms with E-state index in [-0.39, 0.29) is 148 Å². The maximum absolute atomic E-state index is 14.0. The Balaban J connectivity index is 0.0000168. The van der Waals surface area contributed by atoms with Crippen LogP contribution < -0.4 is 43.4 Å². The van der Waals surface area contributed by atoms with Crippen molar-refractivity contribution in [3.05, 3.63) is 29.8 Å². The van der Waals surface area contributed by atoms with Gasteiger partial charge in [-0.2, -0.15) is 0 Å². The summed E-state index contributed by atoms with van der Waals surface area (Å²) in [6.45, 7) is -0.0862. The standard InChI is InChI=1S/C42H64N12O15.Ga/c43-42(44)46-13-3-5-27-37(64)47-22-33(57)48-30(21-34(58)59)40(67)51-29(20-25-6-8-26(55)9-7-25)39(66)50-28(38(65)49-27)4-1-2-12-45-32(56)11-10-31(41(68)69)54-18-16-52(23-35(60)61)14-15-53(17-19-54)24-36(62)63;/h6-9,27-31,55H,1-5,10-24H2,(H,45,56)(H,47,64)(H,48,57)(H,49,65)(H,50,66)(H,51,67)(H,58,59)(H,60,61)(H,62,63)(H,68,69)(H4,43,44,46);/q;+3/t27-,28-,29+,30-,31?;/m0./s1/i;1-2. The zero-order valence-corrected chi connectivity index (χ0v) is 41.1. The molecule has 0 spiro atoms. The smallest absolute Gasteiger partial charge is 0.508 e. The average molecular weight is 1040 g/mol. The molecule has 0 aromatic heterocycles. The van der Waals surface area contributed by atoms with E-state index in [0.29, 0.717) is 5.56 Å². The van der Waals surface area contributed by atoms with Crippen LogP contribution in [0.3, 0.4) is 0 Å². The van der Waals surface area contributed by atoms with Gasteiger partial charge in [0, 0.05) is 65.2 Å². The minimum atomic E-state index is -1.69. The summed E-state index contributed by atoms with van der Waals surface area (Å²) in [5.74, 6) is -10.3. The van der Waals surface area contributed by atoms with Crippen LogP contribution in [0.4, 0.5) is 0 Å². The van der Waals surface area contributed by atoms with E-state index in [4.69, 9.17) is 11.5 Å². The molecule has 6 amide bonds. The van der Waals surface area contributed by atoms with Crippen LogP contribution in [0, 0.1) is 0 Å². The number of nitrogens with zero attached hydrogens (tertiary/aromatic N) is 4. The van der Waals surface area contributed by atoms with Crippen LogP contribution in [0.25, 0.3) is 0 Å². The number of carbonyl (C=O) groups is 10. The second-order valence-electron chi connectivity index (χ2n) is 16.6. The number of aliphatic carboxylic acids is 4. The second-order valence-corrected chi connectivity index (χ2v) is 16.6. The number of amides is 6. The van der Waals surface area contributed by atoms with E-state index >= 15 is 0 Å². The molecule has 15 N–H and O–H groups in total. The molecule has 1 aromatic rings. The molecule has 0 radical (unpaired) electrons. The number of unbranched alkanes of at least 4 members (excludes halogenated alkanes) is 1. The molecule has 2 saturated heterocycles. The molecule has 1 unspecified atom stereocenters. The van der Waals surface area contributed by atoms with Gasteiger partial charge in [-0.15, -0.1) is 0 Å². The predicted molar refractivity (Wildman–Crippen MR) is 248 cm³/mol. The van der Waals surface area contributed by atoms with E-state index in [2.05, 4.69) is 36.9 Å². The van der Waals surface area contributed by atoms with Crippen molar-refractivity contribution < 1.29 is 73.5 Å². The summed E-state index contributed by atoms with van der Waals surface area (Å²) in [6.07, 6.45) is -0.987. The SMILES string of the molecule is NC(N)=NCCC[C@@H]1NC(=O)[C@H](CCCCNC(=O)CCC(C(=O)O)N2CCN(CC(=O)O)CCN(CC(=O)O)CC2)NC(=O)[C@@H](Cc2ccc(O)cc2)NC(=O)[C@H](CC(=O)O)NC(=O)CNC1=O.[68Ga+3]. The number of aliphatic imine (C=N–C) groups is 1. The van der Waals surface area contributed by atoms with Gasteiger partial charge < -0.3 is 68.9 Å². The summed E-state index contributed by atoms with van der Waals surface area (Å²) in [5, 5.41) is 63.2. The molecule has 27 nitrogen and oxygen atoms in total. The number of carbonyl (C=O) groups excluding carboxylic acids is 6. The maximum atomic E-state index is 14.0. The molecule has 0 saturated carbocycles. The van der Waals surface area contributed by atoms with Gasteiger partial charge in [0.2, 0.25) is 35.4 Å². The van der Waals surface area contributed by atoms with Crippen LogP contribution in [0.15, 0.2) is 29.3 Å². The molecule has 3 rings (SSSR count). The van der Waals surface area contributed by atoms with E-state index in [1.807, 2.05) is 0 Å². The summed E-state index contributed by atoms with van der Waals surface area (Å²) in [5.41, 5.74) is 11.3. The van der Waals surface area contributed by atoms with Crippen molar-refractivity contribution in [2.45, 2.75) is 88.0 Å². The Morgan fingerprint density at radius 1 is 0.686 bits per heavy atom. The number of phenolic OH excluding ortho intramolecular Hbond substituents is 1. The van der Waals surface area contributed by atoms with Crippen molar-refractivity contribution in [2.75, 3.05) is 72.0 Å². The van der Waals surface area contributed by atoms with Crippen molar-refractivity contribution in [3.63, 3.8) is 0 Å². The van der Waals surface area contributed by atoms with Gasteiger partial charge in [0.15, 0.2) is 5.96 Å². The fourth-order valence-electron chi connectivity index (χ4n) is 7.54. The third-order valence-electron chi connectivity index (χ3n) is 11.1. The number of nitrogens with two attached hydrogens (primary N) is 2. The number of carboxylic acids is 4. The maximum Gasteiger partial charge on any atom is 3.00 e. The number of hydrogen-bond donors (Lipinski definition) is 13. The van der Waals surface area contributed by atoms with Crippen LogP contribution in [0.5, 0.6) is 5.75 Å². The number of phenols is 1. The number of nitrogens with one attached hydrogen (secondary N) is 6. The molecule has 70 heavy (non-hydrogen) atoms. The fraction of sp³-hybridized carbons (Fsp3) is 0.595. The van der Waals surface area contributed by atoms with Crippen LogP contribution in [0.2, 0.25) is 0 Å². The third kappa shape index (κ3) is 22.7. The Labute approximate surface area is 415 Å². The summed E-state index contributed by atoms with van der Waals surface area (Å²) in [7, 11) is 0. The van der Waals surface area contributed by atoms with E-state index in [1.54, 1.807) is 14.7 Å². The number of hydrogen-bond acceptors (Lipinski definition) is 15. The molecule has 5 atom stereocenters. The molecule has 28 heteroatoms. The number of rotatable bonds is 22. The Morgan fingerprint density at radius 2 is 1.21 bits per heavy atom. The number of guanidine groups is 1. The van der Waals surface area contributed by atoms with E-state index in [1.165, 1.54) is 24.3 Å². The van der Waals surface area contributed by atoms with Gasteiger partial charge in [0.25, 0.3) is 0 Å². The molecular weight excluding hydrogens is 980 g/mol. The van der Waals surface area contributed by atoms with Crippen LogP contribution >= 0.6 is 0 Å². The number of aromatic hydroxyl groups is 1. The van der Waals surface area contributed by atoms with Crippen molar-refractivity contribution in [2.24, 2.45) is 16.5 Å².